The highest BCUT2D eigenvalue weighted by molar-refractivity contribution is 5.94. The van der Waals surface area contributed by atoms with Crippen LogP contribution in [0.25, 0.3) is 0 Å². The Labute approximate surface area is 117 Å². The lowest BCUT2D eigenvalue weighted by Crippen LogP contribution is -2.33. The first-order chi connectivity index (χ1) is 8.61. The number of nitrogens with one attached hydrogen (secondary N) is 1. The largest absolute Gasteiger partial charge is 0.337 e. The molecule has 0 bridgehead atoms. The van der Waals surface area contributed by atoms with Crippen molar-refractivity contribution in [1.82, 2.24) is 10.2 Å². The second-order valence-corrected chi connectivity index (χ2v) is 4.33. The minimum Gasteiger partial charge on any atom is -0.337 e. The van der Waals surface area contributed by atoms with Crippen molar-refractivity contribution in [2.75, 3.05) is 20.1 Å². The molecular weight excluding hydrogens is 270 g/mol. The number of halogens is 1. The Morgan fingerprint density at radius 1 is 1.42 bits per heavy atom. The van der Waals surface area contributed by atoms with Crippen LogP contribution < -0.4 is 5.32 Å². The van der Waals surface area contributed by atoms with Gasteiger partial charge in [0, 0.05) is 36.8 Å². The molecule has 1 aromatic rings. The lowest BCUT2D eigenvalue weighted by molar-refractivity contribution is -0.384. The molecule has 1 N–H and O–H groups in total. The van der Waals surface area contributed by atoms with E-state index in [0.29, 0.717) is 18.2 Å². The van der Waals surface area contributed by atoms with E-state index in [1.165, 1.54) is 24.3 Å². The summed E-state index contributed by atoms with van der Waals surface area (Å²) in [6.07, 6.45) is 0.940. The van der Waals surface area contributed by atoms with Crippen LogP contribution in [0.1, 0.15) is 16.8 Å². The lowest BCUT2D eigenvalue weighted by Gasteiger charge is -2.16. The summed E-state index contributed by atoms with van der Waals surface area (Å²) in [7, 11) is 1.88. The molecule has 0 saturated carbocycles. The van der Waals surface area contributed by atoms with Crippen molar-refractivity contribution >= 4 is 24.0 Å². The number of carbonyl (C=O) groups is 1. The predicted octanol–water partition coefficient (Wildman–Crippen LogP) is 1.45. The van der Waals surface area contributed by atoms with Gasteiger partial charge >= 0.3 is 0 Å². The number of non-ortho nitro benzene ring substituents is 1. The molecule has 1 aliphatic rings. The van der Waals surface area contributed by atoms with Crippen LogP contribution in [0.2, 0.25) is 0 Å². The maximum absolute atomic E-state index is 12.1. The highest BCUT2D eigenvalue weighted by Gasteiger charge is 2.25. The average molecular weight is 286 g/mol. The first-order valence-corrected chi connectivity index (χ1v) is 5.83. The molecule has 1 saturated heterocycles. The van der Waals surface area contributed by atoms with Crippen molar-refractivity contribution in [3.8, 4) is 0 Å². The third-order valence-electron chi connectivity index (χ3n) is 3.21. The van der Waals surface area contributed by atoms with Crippen LogP contribution >= 0.6 is 12.4 Å². The van der Waals surface area contributed by atoms with Crippen LogP contribution in [0.15, 0.2) is 24.3 Å². The van der Waals surface area contributed by atoms with Gasteiger partial charge in [-0.3, -0.25) is 14.9 Å². The number of carbonyl (C=O) groups excluding carboxylic acids is 1. The zero-order valence-corrected chi connectivity index (χ0v) is 11.4. The number of hydrogen-bond acceptors (Lipinski definition) is 4. The Bertz CT molecular complexity index is 464. The van der Waals surface area contributed by atoms with Crippen LogP contribution in [-0.4, -0.2) is 41.9 Å². The van der Waals surface area contributed by atoms with Crippen molar-refractivity contribution < 1.29 is 9.72 Å². The number of hydrogen-bond donors (Lipinski definition) is 1. The molecule has 1 fully saturated rings. The van der Waals surface area contributed by atoms with E-state index in [4.69, 9.17) is 0 Å². The van der Waals surface area contributed by atoms with Gasteiger partial charge in [-0.1, -0.05) is 0 Å². The van der Waals surface area contributed by atoms with Gasteiger partial charge in [-0.25, -0.2) is 0 Å². The minimum absolute atomic E-state index is 0. The standard InChI is InChI=1S/C12H15N3O3.ClH/c1-13-10-6-7-14(8-10)12(16)9-2-4-11(5-3-9)15(17)18;/h2-5,10,13H,6-8H2,1H3;1H. The highest BCUT2D eigenvalue weighted by atomic mass is 35.5. The van der Waals surface area contributed by atoms with Gasteiger partial charge in [0.05, 0.1) is 4.92 Å². The topological polar surface area (TPSA) is 75.5 Å². The van der Waals surface area contributed by atoms with Crippen LogP contribution in [0, 0.1) is 10.1 Å². The van der Waals surface area contributed by atoms with E-state index >= 15 is 0 Å². The summed E-state index contributed by atoms with van der Waals surface area (Å²) < 4.78 is 0. The van der Waals surface area contributed by atoms with Crippen molar-refractivity contribution in [3.05, 3.63) is 39.9 Å². The van der Waals surface area contributed by atoms with E-state index < -0.39 is 4.92 Å². The van der Waals surface area contributed by atoms with Gasteiger partial charge in [0.15, 0.2) is 0 Å². The maximum Gasteiger partial charge on any atom is 0.269 e. The van der Waals surface area contributed by atoms with Crippen molar-refractivity contribution in [1.29, 1.82) is 0 Å². The zero-order chi connectivity index (χ0) is 13.1. The second-order valence-electron chi connectivity index (χ2n) is 4.33. The molecule has 1 aromatic carbocycles. The van der Waals surface area contributed by atoms with Crippen LogP contribution in [-0.2, 0) is 0 Å². The van der Waals surface area contributed by atoms with Crippen LogP contribution in [0.4, 0.5) is 5.69 Å². The molecule has 2 rings (SSSR count). The van der Waals surface area contributed by atoms with Gasteiger partial charge in [0.1, 0.15) is 0 Å². The fourth-order valence-electron chi connectivity index (χ4n) is 2.09. The van der Waals surface area contributed by atoms with Crippen molar-refractivity contribution in [3.63, 3.8) is 0 Å². The van der Waals surface area contributed by atoms with Crippen LogP contribution in [0.3, 0.4) is 0 Å². The summed E-state index contributed by atoms with van der Waals surface area (Å²) in [6.45, 7) is 1.41. The van der Waals surface area contributed by atoms with E-state index in [0.717, 1.165) is 13.0 Å². The summed E-state index contributed by atoms with van der Waals surface area (Å²) in [5, 5.41) is 13.7. The molecule has 0 aliphatic carbocycles. The number of amides is 1. The van der Waals surface area contributed by atoms with E-state index in [-0.39, 0.29) is 24.0 Å². The molecule has 1 atom stereocenters. The number of nitrogens with zero attached hydrogens (tertiary/aromatic N) is 2. The number of likely N-dealkylation sites (tertiary alicyclic amines) is 1. The molecule has 0 aromatic heterocycles. The Morgan fingerprint density at radius 3 is 2.53 bits per heavy atom. The highest BCUT2D eigenvalue weighted by Crippen LogP contribution is 2.16. The fraction of sp³-hybridized carbons (Fsp3) is 0.417. The Hall–Kier alpha value is -1.66. The molecule has 104 valence electrons. The minimum atomic E-state index is -0.471. The molecule has 0 radical (unpaired) electrons. The molecule has 7 heteroatoms. The molecule has 1 unspecified atom stereocenters. The third-order valence-corrected chi connectivity index (χ3v) is 3.21. The van der Waals surface area contributed by atoms with Gasteiger partial charge in [-0.15, -0.1) is 12.4 Å². The summed E-state index contributed by atoms with van der Waals surface area (Å²) >= 11 is 0. The fourth-order valence-corrected chi connectivity index (χ4v) is 2.09. The summed E-state index contributed by atoms with van der Waals surface area (Å²) in [6, 6.07) is 6.07. The number of rotatable bonds is 3. The Kier molecular flexibility index (Phi) is 5.26. The van der Waals surface area contributed by atoms with Gasteiger partial charge in [-0.2, -0.15) is 0 Å². The number of benzene rings is 1. The van der Waals surface area contributed by atoms with Crippen molar-refractivity contribution in [2.24, 2.45) is 0 Å². The summed E-state index contributed by atoms with van der Waals surface area (Å²) in [4.78, 5) is 23.9. The van der Waals surface area contributed by atoms with Crippen LogP contribution in [0.5, 0.6) is 0 Å². The first kappa shape index (κ1) is 15.4. The number of nitro benzene ring substituents is 1. The van der Waals surface area contributed by atoms with Gasteiger partial charge in [0.25, 0.3) is 11.6 Å². The normalized spacial score (nSPS) is 17.9. The average Bonchev–Trinajstić information content (AvgIpc) is 2.86. The quantitative estimate of drug-likeness (QED) is 0.674. The number of nitro groups is 1. The molecule has 1 heterocycles. The molecule has 1 aliphatic heterocycles. The van der Waals surface area contributed by atoms with E-state index in [1.807, 2.05) is 7.05 Å². The maximum atomic E-state index is 12.1. The number of likely N-dealkylation sites (N-methyl/N-ethyl adjacent to an activating group) is 1. The SMILES string of the molecule is CNC1CCN(C(=O)c2ccc([N+](=O)[O-])cc2)C1.Cl. The molecule has 1 amide bonds. The summed E-state index contributed by atoms with van der Waals surface area (Å²) in [5.41, 5.74) is 0.499. The zero-order valence-electron chi connectivity index (χ0n) is 10.5. The van der Waals surface area contributed by atoms with Gasteiger partial charge < -0.3 is 10.2 Å². The summed E-state index contributed by atoms with van der Waals surface area (Å²) in [5.74, 6) is -0.0670. The van der Waals surface area contributed by atoms with Gasteiger partial charge in [-0.05, 0) is 25.6 Å². The Balaban J connectivity index is 0.00000180. The molecular formula is C12H16ClN3O3. The smallest absolute Gasteiger partial charge is 0.269 e. The third kappa shape index (κ3) is 3.42. The molecule has 6 nitrogen and oxygen atoms in total. The molecule has 0 spiro atoms. The predicted molar refractivity (Wildman–Crippen MR) is 73.7 cm³/mol. The lowest BCUT2D eigenvalue weighted by atomic mass is 10.2. The van der Waals surface area contributed by atoms with Crippen molar-refractivity contribution in [2.45, 2.75) is 12.5 Å². The molecule has 19 heavy (non-hydrogen) atoms. The van der Waals surface area contributed by atoms with Gasteiger partial charge in [0.2, 0.25) is 0 Å². The van der Waals surface area contributed by atoms with E-state index in [2.05, 4.69) is 5.32 Å². The van der Waals surface area contributed by atoms with E-state index in [1.54, 1.807) is 4.90 Å². The Morgan fingerprint density at radius 2 is 2.05 bits per heavy atom. The monoisotopic (exact) mass is 285 g/mol. The van der Waals surface area contributed by atoms with E-state index in [9.17, 15) is 14.9 Å². The second kappa shape index (κ2) is 6.49. The first-order valence-electron chi connectivity index (χ1n) is 5.83.